The molecule has 0 saturated carbocycles. The first-order valence-electron chi connectivity index (χ1n) is 10.1. The summed E-state index contributed by atoms with van der Waals surface area (Å²) in [5, 5.41) is 3.61. The van der Waals surface area contributed by atoms with Crippen LogP contribution in [-0.2, 0) is 22.6 Å². The van der Waals surface area contributed by atoms with Crippen LogP contribution in [0.5, 0.6) is 5.75 Å². The molecule has 0 fully saturated rings. The van der Waals surface area contributed by atoms with Crippen LogP contribution in [0.2, 0.25) is 5.02 Å². The van der Waals surface area contributed by atoms with E-state index in [-0.39, 0.29) is 23.8 Å². The number of aryl methyl sites for hydroxylation is 1. The second-order valence-corrected chi connectivity index (χ2v) is 8.78. The molecule has 1 unspecified atom stereocenters. The maximum Gasteiger partial charge on any atom is 0.242 e. The first kappa shape index (κ1) is 23.7. The predicted molar refractivity (Wildman–Crippen MR) is 121 cm³/mol. The fraction of sp³-hybridized carbons (Fsp3) is 0.417. The molecule has 0 aliphatic rings. The Balaban J connectivity index is 2.18. The Morgan fingerprint density at radius 2 is 1.73 bits per heavy atom. The van der Waals surface area contributed by atoms with Crippen molar-refractivity contribution in [1.29, 1.82) is 0 Å². The number of benzene rings is 2. The number of carbonyl (C=O) groups is 2. The summed E-state index contributed by atoms with van der Waals surface area (Å²) >= 11 is 6.23. The number of hydrogen-bond donors (Lipinski definition) is 1. The highest BCUT2D eigenvalue weighted by molar-refractivity contribution is 6.31. The number of carbonyl (C=O) groups excluding carboxylic acids is 2. The summed E-state index contributed by atoms with van der Waals surface area (Å²) in [4.78, 5) is 27.5. The van der Waals surface area contributed by atoms with Gasteiger partial charge in [-0.2, -0.15) is 0 Å². The van der Waals surface area contributed by atoms with Gasteiger partial charge in [0.05, 0.1) is 7.11 Å². The molecular formula is C24H31ClN2O3. The second kappa shape index (κ2) is 10.5. The van der Waals surface area contributed by atoms with Crippen LogP contribution in [0.15, 0.2) is 48.5 Å². The molecule has 0 spiro atoms. The summed E-state index contributed by atoms with van der Waals surface area (Å²) in [5.74, 6) is 0.471. The lowest BCUT2D eigenvalue weighted by Gasteiger charge is -2.31. The minimum Gasteiger partial charge on any atom is -0.497 e. The maximum absolute atomic E-state index is 13.1. The Morgan fingerprint density at radius 3 is 2.30 bits per heavy atom. The van der Waals surface area contributed by atoms with Crippen LogP contribution >= 0.6 is 11.6 Å². The smallest absolute Gasteiger partial charge is 0.242 e. The molecule has 2 aromatic rings. The van der Waals surface area contributed by atoms with Crippen molar-refractivity contribution in [3.8, 4) is 5.75 Å². The van der Waals surface area contributed by atoms with E-state index in [0.717, 1.165) is 16.9 Å². The lowest BCUT2D eigenvalue weighted by atomic mass is 10.1. The Bertz CT molecular complexity index is 859. The molecule has 0 radical (unpaired) electrons. The van der Waals surface area contributed by atoms with Gasteiger partial charge in [0.1, 0.15) is 11.8 Å². The van der Waals surface area contributed by atoms with Crippen molar-refractivity contribution in [1.82, 2.24) is 10.2 Å². The molecule has 1 atom stereocenters. The zero-order chi connectivity index (χ0) is 22.3. The van der Waals surface area contributed by atoms with Gasteiger partial charge >= 0.3 is 0 Å². The summed E-state index contributed by atoms with van der Waals surface area (Å²) in [6.07, 6.45) is 0.790. The average Bonchev–Trinajstić information content (AvgIpc) is 2.70. The zero-order valence-electron chi connectivity index (χ0n) is 18.4. The molecule has 2 rings (SSSR count). The number of nitrogens with one attached hydrogen (secondary N) is 1. The maximum atomic E-state index is 13.1. The van der Waals surface area contributed by atoms with Crippen LogP contribution in [0.4, 0.5) is 0 Å². The Labute approximate surface area is 184 Å². The van der Waals surface area contributed by atoms with Gasteiger partial charge in [-0.3, -0.25) is 9.59 Å². The topological polar surface area (TPSA) is 58.6 Å². The van der Waals surface area contributed by atoms with Gasteiger partial charge in [0.2, 0.25) is 11.8 Å². The molecule has 0 aromatic heterocycles. The predicted octanol–water partition coefficient (Wildman–Crippen LogP) is 4.61. The van der Waals surface area contributed by atoms with Gasteiger partial charge < -0.3 is 15.0 Å². The summed E-state index contributed by atoms with van der Waals surface area (Å²) in [6.45, 7) is 7.86. The van der Waals surface area contributed by atoms with E-state index in [9.17, 15) is 9.59 Å². The number of halogens is 1. The number of ether oxygens (including phenoxy) is 1. The number of methoxy groups -OCH3 is 1. The molecular weight excluding hydrogens is 400 g/mol. The van der Waals surface area contributed by atoms with E-state index in [1.54, 1.807) is 18.9 Å². The van der Waals surface area contributed by atoms with Gasteiger partial charge in [0.15, 0.2) is 0 Å². The molecule has 6 heteroatoms. The molecule has 162 valence electrons. The van der Waals surface area contributed by atoms with E-state index in [1.807, 2.05) is 69.3 Å². The summed E-state index contributed by atoms with van der Waals surface area (Å²) < 4.78 is 5.20. The number of hydrogen-bond acceptors (Lipinski definition) is 3. The van der Waals surface area contributed by atoms with Crippen molar-refractivity contribution in [3.63, 3.8) is 0 Å². The summed E-state index contributed by atoms with van der Waals surface area (Å²) in [7, 11) is 1.61. The highest BCUT2D eigenvalue weighted by Crippen LogP contribution is 2.19. The van der Waals surface area contributed by atoms with Crippen molar-refractivity contribution < 1.29 is 14.3 Å². The third-order valence-electron chi connectivity index (χ3n) is 4.74. The first-order chi connectivity index (χ1) is 14.1. The van der Waals surface area contributed by atoms with E-state index in [2.05, 4.69) is 5.32 Å². The van der Waals surface area contributed by atoms with Crippen LogP contribution in [0, 0.1) is 0 Å². The SMILES string of the molecule is COc1ccc(CN(C(=O)CCc2ccccc2Cl)C(C)C(=O)NC(C)(C)C)cc1. The third kappa shape index (κ3) is 7.06. The van der Waals surface area contributed by atoms with Crippen LogP contribution in [-0.4, -0.2) is 35.4 Å². The van der Waals surface area contributed by atoms with E-state index in [0.29, 0.717) is 18.0 Å². The van der Waals surface area contributed by atoms with E-state index in [1.165, 1.54) is 0 Å². The molecule has 5 nitrogen and oxygen atoms in total. The molecule has 0 aliphatic carbocycles. The molecule has 0 saturated heterocycles. The third-order valence-corrected chi connectivity index (χ3v) is 5.11. The van der Waals surface area contributed by atoms with E-state index < -0.39 is 6.04 Å². The summed E-state index contributed by atoms with van der Waals surface area (Å²) in [6, 6.07) is 14.4. The van der Waals surface area contributed by atoms with Gasteiger partial charge in [-0.05, 0) is 63.4 Å². The first-order valence-corrected chi connectivity index (χ1v) is 10.5. The monoisotopic (exact) mass is 430 g/mol. The number of amides is 2. The molecule has 0 aliphatic heterocycles. The summed E-state index contributed by atoms with van der Waals surface area (Å²) in [5.41, 5.74) is 1.47. The second-order valence-electron chi connectivity index (χ2n) is 8.38. The lowest BCUT2D eigenvalue weighted by molar-refractivity contribution is -0.141. The Kier molecular flexibility index (Phi) is 8.30. The van der Waals surface area contributed by atoms with Crippen molar-refractivity contribution in [2.24, 2.45) is 0 Å². The van der Waals surface area contributed by atoms with Gasteiger partial charge in [-0.15, -0.1) is 0 Å². The molecule has 30 heavy (non-hydrogen) atoms. The lowest BCUT2D eigenvalue weighted by Crippen LogP contribution is -2.52. The number of nitrogens with zero attached hydrogens (tertiary/aromatic N) is 1. The van der Waals surface area contributed by atoms with Crippen molar-refractivity contribution in [2.45, 2.75) is 58.7 Å². The Morgan fingerprint density at radius 1 is 1.10 bits per heavy atom. The highest BCUT2D eigenvalue weighted by Gasteiger charge is 2.28. The fourth-order valence-corrected chi connectivity index (χ4v) is 3.30. The van der Waals surface area contributed by atoms with E-state index in [4.69, 9.17) is 16.3 Å². The van der Waals surface area contributed by atoms with Gasteiger partial charge in [0.25, 0.3) is 0 Å². The molecule has 1 N–H and O–H groups in total. The highest BCUT2D eigenvalue weighted by atomic mass is 35.5. The van der Waals surface area contributed by atoms with Crippen molar-refractivity contribution in [2.75, 3.05) is 7.11 Å². The fourth-order valence-electron chi connectivity index (χ4n) is 3.07. The van der Waals surface area contributed by atoms with Crippen LogP contribution < -0.4 is 10.1 Å². The standard InChI is InChI=1S/C24H31ClN2O3/c1-17(23(29)26-24(2,3)4)27(16-18-10-13-20(30-5)14-11-18)22(28)15-12-19-8-6-7-9-21(19)25/h6-11,13-14,17H,12,15-16H2,1-5H3,(H,26,29). The zero-order valence-corrected chi connectivity index (χ0v) is 19.1. The Hall–Kier alpha value is -2.53. The minimum absolute atomic E-state index is 0.0951. The van der Waals surface area contributed by atoms with Gasteiger partial charge in [-0.1, -0.05) is 41.9 Å². The van der Waals surface area contributed by atoms with Crippen LogP contribution in [0.3, 0.4) is 0 Å². The average molecular weight is 431 g/mol. The molecule has 0 bridgehead atoms. The van der Waals surface area contributed by atoms with Crippen molar-refractivity contribution >= 4 is 23.4 Å². The molecule has 2 aromatic carbocycles. The number of rotatable bonds is 8. The quantitative estimate of drug-likeness (QED) is 0.665. The minimum atomic E-state index is -0.606. The van der Waals surface area contributed by atoms with Gasteiger partial charge in [0, 0.05) is 23.5 Å². The molecule has 2 amide bonds. The van der Waals surface area contributed by atoms with Gasteiger partial charge in [-0.25, -0.2) is 0 Å². The van der Waals surface area contributed by atoms with Crippen LogP contribution in [0.1, 0.15) is 45.2 Å². The van der Waals surface area contributed by atoms with Crippen molar-refractivity contribution in [3.05, 3.63) is 64.7 Å². The van der Waals surface area contributed by atoms with Crippen LogP contribution in [0.25, 0.3) is 0 Å². The van der Waals surface area contributed by atoms with E-state index >= 15 is 0 Å². The largest absolute Gasteiger partial charge is 0.497 e. The normalized spacial score (nSPS) is 12.2. The molecule has 0 heterocycles.